The number of Topliss-reactive ketones (excluding diaryl/α,β-unsaturated/α-hetero) is 1. The van der Waals surface area contributed by atoms with Gasteiger partial charge in [0, 0.05) is 24.1 Å². The summed E-state index contributed by atoms with van der Waals surface area (Å²) in [5, 5.41) is 20.1. The first kappa shape index (κ1) is 29.1. The number of aliphatic hydroxyl groups is 1. The third kappa shape index (κ3) is 5.80. The van der Waals surface area contributed by atoms with Crippen LogP contribution in [0.4, 0.5) is 8.78 Å². The second kappa shape index (κ2) is 11.1. The number of halogens is 2. The molecule has 1 atom stereocenters. The van der Waals surface area contributed by atoms with Crippen molar-refractivity contribution >= 4 is 11.7 Å². The largest absolute Gasteiger partial charge is 0.493 e. The first-order valence-corrected chi connectivity index (χ1v) is 13.6. The van der Waals surface area contributed by atoms with E-state index in [-0.39, 0.29) is 54.1 Å². The number of ether oxygens (including phenoxy) is 1. The second-order valence-corrected chi connectivity index (χ2v) is 11.5. The number of nitrogens with two attached hydrogens (primary N) is 1. The van der Waals surface area contributed by atoms with Crippen LogP contribution in [-0.2, 0) is 18.6 Å². The van der Waals surface area contributed by atoms with Crippen LogP contribution in [0.3, 0.4) is 0 Å². The van der Waals surface area contributed by atoms with Gasteiger partial charge in [0.15, 0.2) is 5.78 Å². The van der Waals surface area contributed by atoms with E-state index in [9.17, 15) is 23.5 Å². The van der Waals surface area contributed by atoms with Gasteiger partial charge in [-0.2, -0.15) is 10.2 Å². The van der Waals surface area contributed by atoms with Crippen LogP contribution in [0.25, 0.3) is 5.69 Å². The van der Waals surface area contributed by atoms with Gasteiger partial charge in [-0.3, -0.25) is 9.59 Å². The average molecular weight is 579 g/mol. The van der Waals surface area contributed by atoms with Crippen molar-refractivity contribution in [2.24, 2.45) is 11.1 Å². The molecule has 0 bridgehead atoms. The number of aromatic nitrogens is 5. The van der Waals surface area contributed by atoms with Crippen LogP contribution in [0.15, 0.2) is 49.1 Å². The topological polar surface area (TPSA) is 138 Å². The van der Waals surface area contributed by atoms with Gasteiger partial charge in [-0.15, -0.1) is 0 Å². The highest BCUT2D eigenvalue weighted by atomic mass is 19.1. The summed E-state index contributed by atoms with van der Waals surface area (Å²) >= 11 is 0. The Morgan fingerprint density at radius 2 is 1.98 bits per heavy atom. The molecule has 1 amide bonds. The summed E-state index contributed by atoms with van der Waals surface area (Å²) in [6.07, 6.45) is 4.00. The third-order valence-corrected chi connectivity index (χ3v) is 7.51. The molecule has 0 fully saturated rings. The van der Waals surface area contributed by atoms with Crippen LogP contribution in [0, 0.1) is 24.0 Å². The van der Waals surface area contributed by atoms with Crippen LogP contribution in [0.2, 0.25) is 0 Å². The van der Waals surface area contributed by atoms with Crippen LogP contribution in [0.5, 0.6) is 5.75 Å². The summed E-state index contributed by atoms with van der Waals surface area (Å²) in [6, 6.07) is 7.88. The van der Waals surface area contributed by atoms with Gasteiger partial charge >= 0.3 is 0 Å². The Labute approximate surface area is 241 Å². The molecule has 42 heavy (non-hydrogen) atoms. The monoisotopic (exact) mass is 578 g/mol. The van der Waals surface area contributed by atoms with Gasteiger partial charge in [-0.1, -0.05) is 19.9 Å². The number of amides is 1. The molecule has 1 aliphatic carbocycles. The summed E-state index contributed by atoms with van der Waals surface area (Å²) in [5.41, 5.74) is 6.34. The molecule has 0 aliphatic heterocycles. The molecule has 2 heterocycles. The van der Waals surface area contributed by atoms with E-state index in [0.717, 1.165) is 11.8 Å². The number of benzene rings is 2. The molecule has 0 saturated heterocycles. The number of carbonyl (C=O) groups is 2. The summed E-state index contributed by atoms with van der Waals surface area (Å²) in [4.78, 5) is 28.9. The lowest BCUT2D eigenvalue weighted by Crippen LogP contribution is -2.33. The fourth-order valence-electron chi connectivity index (χ4n) is 5.61. The van der Waals surface area contributed by atoms with Crippen molar-refractivity contribution in [3.8, 4) is 11.4 Å². The number of fused-ring (bicyclic) bond motifs is 1. The van der Waals surface area contributed by atoms with Crippen LogP contribution < -0.4 is 10.5 Å². The Morgan fingerprint density at radius 3 is 2.67 bits per heavy atom. The maximum Gasteiger partial charge on any atom is 0.252 e. The van der Waals surface area contributed by atoms with Crippen molar-refractivity contribution in [3.05, 3.63) is 88.8 Å². The first-order chi connectivity index (χ1) is 19.9. The molecule has 220 valence electrons. The Kier molecular flexibility index (Phi) is 7.67. The molecule has 2 aromatic heterocycles. The average Bonchev–Trinajstić information content (AvgIpc) is 3.52. The van der Waals surface area contributed by atoms with E-state index in [0.29, 0.717) is 35.9 Å². The van der Waals surface area contributed by atoms with E-state index in [2.05, 4.69) is 15.2 Å². The molecule has 12 heteroatoms. The van der Waals surface area contributed by atoms with Gasteiger partial charge in [0.2, 0.25) is 0 Å². The zero-order valence-electron chi connectivity index (χ0n) is 23.6. The van der Waals surface area contributed by atoms with Gasteiger partial charge in [0.1, 0.15) is 35.6 Å². The van der Waals surface area contributed by atoms with Gasteiger partial charge < -0.3 is 15.6 Å². The molecule has 10 nitrogen and oxygen atoms in total. The number of nitrogens with zero attached hydrogens (tertiary/aromatic N) is 5. The number of ketones is 1. The lowest BCUT2D eigenvalue weighted by atomic mass is 9.75. The Hall–Kier alpha value is -4.45. The highest BCUT2D eigenvalue weighted by Crippen LogP contribution is 2.38. The Balaban J connectivity index is 1.38. The molecule has 2 aromatic carbocycles. The summed E-state index contributed by atoms with van der Waals surface area (Å²) < 4.78 is 37.4. The van der Waals surface area contributed by atoms with E-state index < -0.39 is 23.1 Å². The molecule has 0 radical (unpaired) electrons. The normalized spacial score (nSPS) is 15.7. The number of hydrogen-bond donors (Lipinski definition) is 2. The number of primary amides is 1. The molecule has 1 unspecified atom stereocenters. The zero-order chi connectivity index (χ0) is 30.2. The number of aryl methyl sites for hydroxylation is 1. The summed E-state index contributed by atoms with van der Waals surface area (Å²) in [5.74, 6) is -2.09. The van der Waals surface area contributed by atoms with Gasteiger partial charge in [0.25, 0.3) is 5.91 Å². The maximum absolute atomic E-state index is 14.7. The van der Waals surface area contributed by atoms with E-state index in [4.69, 9.17) is 10.5 Å². The van der Waals surface area contributed by atoms with Crippen molar-refractivity contribution in [1.82, 2.24) is 24.5 Å². The predicted molar refractivity (Wildman–Crippen MR) is 148 cm³/mol. The van der Waals surface area contributed by atoms with Crippen LogP contribution in [-0.4, -0.2) is 47.9 Å². The van der Waals surface area contributed by atoms with Crippen LogP contribution >= 0.6 is 0 Å². The molecule has 1 aliphatic rings. The van der Waals surface area contributed by atoms with Crippen molar-refractivity contribution < 1.29 is 28.2 Å². The fourth-order valence-corrected chi connectivity index (χ4v) is 5.61. The van der Waals surface area contributed by atoms with Crippen molar-refractivity contribution in [1.29, 1.82) is 0 Å². The van der Waals surface area contributed by atoms with E-state index >= 15 is 0 Å². The molecule has 5 rings (SSSR count). The predicted octanol–water partition coefficient (Wildman–Crippen LogP) is 4.05. The lowest BCUT2D eigenvalue weighted by molar-refractivity contribution is -0.00182. The number of rotatable bonds is 10. The SMILES string of the molecule is Cc1nn(-c2ccc(C(N)=O)c(OCCCC(O)(Cn3cncn3)c3ccc(F)cc3F)c2)c2c1C(=O)CC(C)(C)C2. The van der Waals surface area contributed by atoms with Crippen molar-refractivity contribution in [3.63, 3.8) is 0 Å². The molecule has 0 spiro atoms. The number of hydrogen-bond acceptors (Lipinski definition) is 7. The van der Waals surface area contributed by atoms with Crippen LogP contribution in [0.1, 0.15) is 70.8 Å². The molecular weight excluding hydrogens is 546 g/mol. The molecule has 0 saturated carbocycles. The minimum absolute atomic E-state index is 0.0179. The lowest BCUT2D eigenvalue weighted by Gasteiger charge is -2.29. The van der Waals surface area contributed by atoms with E-state index in [1.54, 1.807) is 29.8 Å². The quantitative estimate of drug-likeness (QED) is 0.271. The summed E-state index contributed by atoms with van der Waals surface area (Å²) in [6.45, 7) is 5.77. The van der Waals surface area contributed by atoms with Gasteiger partial charge in [-0.25, -0.2) is 23.1 Å². The first-order valence-electron chi connectivity index (χ1n) is 13.6. The molecular formula is C30H32F2N6O4. The van der Waals surface area contributed by atoms with Gasteiger partial charge in [0.05, 0.1) is 41.4 Å². The summed E-state index contributed by atoms with van der Waals surface area (Å²) in [7, 11) is 0. The molecule has 3 N–H and O–H groups in total. The number of carbonyl (C=O) groups excluding carboxylic acids is 2. The zero-order valence-corrected chi connectivity index (χ0v) is 23.6. The second-order valence-electron chi connectivity index (χ2n) is 11.5. The van der Waals surface area contributed by atoms with Crippen molar-refractivity contribution in [2.75, 3.05) is 6.61 Å². The highest BCUT2D eigenvalue weighted by molar-refractivity contribution is 6.00. The smallest absolute Gasteiger partial charge is 0.252 e. The van der Waals surface area contributed by atoms with E-state index in [1.165, 1.54) is 23.4 Å². The molecule has 4 aromatic rings. The van der Waals surface area contributed by atoms with Crippen molar-refractivity contribution in [2.45, 2.75) is 58.6 Å². The Morgan fingerprint density at radius 1 is 1.19 bits per heavy atom. The van der Waals surface area contributed by atoms with Gasteiger partial charge in [-0.05, 0) is 49.8 Å². The maximum atomic E-state index is 14.7. The fraction of sp³-hybridized carbons (Fsp3) is 0.367. The standard InChI is InChI=1S/C30H32F2N6O4/c1-18-27-24(13-29(2,3)14-25(27)39)38(36-18)20-6-7-21(28(33)40)26(12-20)42-10-4-9-30(41,15-37-17-34-16-35-37)22-8-5-19(31)11-23(22)32/h5-8,11-12,16-17,41H,4,9-10,13-15H2,1-3H3,(H2,33,40). The van der Waals surface area contributed by atoms with E-state index in [1.807, 2.05) is 13.8 Å². The third-order valence-electron chi connectivity index (χ3n) is 7.51. The minimum atomic E-state index is -1.76. The highest BCUT2D eigenvalue weighted by Gasteiger charge is 2.36. The minimum Gasteiger partial charge on any atom is -0.493 e. The Bertz CT molecular complexity index is 1650.